The molecule has 1 aromatic rings. The largest absolute Gasteiger partial charge is 0.383 e. The monoisotopic (exact) mass is 228 g/mol. The maximum Gasteiger partial charge on any atom is 0.140 e. The molecule has 2 heterocycles. The van der Waals surface area contributed by atoms with E-state index in [1.165, 1.54) is 0 Å². The molecule has 0 aromatic carbocycles. The number of nitrogen functional groups attached to an aromatic ring is 1. The van der Waals surface area contributed by atoms with Gasteiger partial charge in [0, 0.05) is 13.1 Å². The highest BCUT2D eigenvalue weighted by atomic mass is 35.5. The summed E-state index contributed by atoms with van der Waals surface area (Å²) in [5.41, 5.74) is 5.86. The summed E-state index contributed by atoms with van der Waals surface area (Å²) >= 11 is 5.89. The Labute approximate surface area is 95.0 Å². The van der Waals surface area contributed by atoms with Crippen LogP contribution in [-0.4, -0.2) is 34.3 Å². The molecule has 1 saturated heterocycles. The van der Waals surface area contributed by atoms with E-state index < -0.39 is 0 Å². The van der Waals surface area contributed by atoms with Crippen LogP contribution >= 0.6 is 11.6 Å². The predicted molar refractivity (Wildman–Crippen MR) is 62.0 cm³/mol. The van der Waals surface area contributed by atoms with Gasteiger partial charge in [-0.25, -0.2) is 4.68 Å². The van der Waals surface area contributed by atoms with E-state index in [0.717, 1.165) is 32.5 Å². The van der Waals surface area contributed by atoms with Gasteiger partial charge in [-0.2, -0.15) is 5.10 Å². The molecular weight excluding hydrogens is 212 g/mol. The lowest BCUT2D eigenvalue weighted by Gasteiger charge is -2.31. The summed E-state index contributed by atoms with van der Waals surface area (Å²) in [7, 11) is 0. The Balaban J connectivity index is 2.04. The zero-order valence-electron chi connectivity index (χ0n) is 8.99. The number of anilines is 1. The number of rotatable bonds is 2. The standard InChI is InChI=1S/C10H17ClN4/c1-2-14-5-3-8(4-6-14)15-10(12)9(11)7-13-15/h7-8H,2-6,12H2,1H3. The van der Waals surface area contributed by atoms with Gasteiger partial charge in [0.1, 0.15) is 10.8 Å². The molecule has 1 aromatic heterocycles. The summed E-state index contributed by atoms with van der Waals surface area (Å²) in [6, 6.07) is 0.417. The van der Waals surface area contributed by atoms with E-state index in [-0.39, 0.29) is 0 Å². The van der Waals surface area contributed by atoms with Gasteiger partial charge in [-0.1, -0.05) is 18.5 Å². The van der Waals surface area contributed by atoms with E-state index in [4.69, 9.17) is 17.3 Å². The van der Waals surface area contributed by atoms with Crippen molar-refractivity contribution in [1.29, 1.82) is 0 Å². The van der Waals surface area contributed by atoms with Crippen molar-refractivity contribution in [2.45, 2.75) is 25.8 Å². The Morgan fingerprint density at radius 2 is 2.20 bits per heavy atom. The molecule has 0 amide bonds. The van der Waals surface area contributed by atoms with Crippen LogP contribution in [0.5, 0.6) is 0 Å². The molecule has 1 fully saturated rings. The summed E-state index contributed by atoms with van der Waals surface area (Å²) in [5, 5.41) is 4.79. The van der Waals surface area contributed by atoms with Crippen molar-refractivity contribution in [3.05, 3.63) is 11.2 Å². The lowest BCUT2D eigenvalue weighted by molar-refractivity contribution is 0.189. The van der Waals surface area contributed by atoms with Gasteiger partial charge in [0.15, 0.2) is 0 Å². The molecular formula is C10H17ClN4. The molecule has 2 N–H and O–H groups in total. The van der Waals surface area contributed by atoms with Crippen LogP contribution in [0.2, 0.25) is 5.02 Å². The Bertz CT molecular complexity index is 328. The lowest BCUT2D eigenvalue weighted by Crippen LogP contribution is -2.34. The Hall–Kier alpha value is -0.740. The highest BCUT2D eigenvalue weighted by molar-refractivity contribution is 6.32. The van der Waals surface area contributed by atoms with Gasteiger partial charge in [-0.05, 0) is 19.4 Å². The molecule has 0 unspecified atom stereocenters. The van der Waals surface area contributed by atoms with Gasteiger partial charge in [0.2, 0.25) is 0 Å². The third-order valence-corrected chi connectivity index (χ3v) is 3.43. The van der Waals surface area contributed by atoms with Crippen LogP contribution in [0, 0.1) is 0 Å². The predicted octanol–water partition coefficient (Wildman–Crippen LogP) is 1.78. The Morgan fingerprint density at radius 3 is 2.67 bits per heavy atom. The van der Waals surface area contributed by atoms with Gasteiger partial charge >= 0.3 is 0 Å². The minimum absolute atomic E-state index is 0.417. The zero-order chi connectivity index (χ0) is 10.8. The van der Waals surface area contributed by atoms with Crippen LogP contribution in [0.25, 0.3) is 0 Å². The molecule has 0 aliphatic carbocycles. The van der Waals surface area contributed by atoms with Crippen molar-refractivity contribution >= 4 is 17.4 Å². The lowest BCUT2D eigenvalue weighted by atomic mass is 10.1. The Morgan fingerprint density at radius 1 is 1.53 bits per heavy atom. The van der Waals surface area contributed by atoms with Crippen LogP contribution in [0.3, 0.4) is 0 Å². The van der Waals surface area contributed by atoms with E-state index in [1.54, 1.807) is 6.20 Å². The fraction of sp³-hybridized carbons (Fsp3) is 0.700. The van der Waals surface area contributed by atoms with Crippen molar-refractivity contribution in [2.75, 3.05) is 25.4 Å². The summed E-state index contributed by atoms with van der Waals surface area (Å²) < 4.78 is 1.87. The average Bonchev–Trinajstić information content (AvgIpc) is 2.60. The van der Waals surface area contributed by atoms with E-state index in [1.807, 2.05) is 4.68 Å². The fourth-order valence-electron chi connectivity index (χ4n) is 2.12. The van der Waals surface area contributed by atoms with Crippen molar-refractivity contribution < 1.29 is 0 Å². The van der Waals surface area contributed by atoms with Gasteiger partial charge < -0.3 is 10.6 Å². The first-order chi connectivity index (χ1) is 7.22. The highest BCUT2D eigenvalue weighted by Gasteiger charge is 2.22. The molecule has 1 aliphatic rings. The maximum atomic E-state index is 5.89. The summed E-state index contributed by atoms with van der Waals surface area (Å²) in [4.78, 5) is 2.44. The molecule has 0 bridgehead atoms. The van der Waals surface area contributed by atoms with Crippen molar-refractivity contribution in [3.63, 3.8) is 0 Å². The second-order valence-electron chi connectivity index (χ2n) is 3.99. The molecule has 0 spiro atoms. The molecule has 84 valence electrons. The van der Waals surface area contributed by atoms with Crippen molar-refractivity contribution in [3.8, 4) is 0 Å². The molecule has 4 nitrogen and oxygen atoms in total. The minimum Gasteiger partial charge on any atom is -0.383 e. The van der Waals surface area contributed by atoms with Crippen LogP contribution in [0.4, 0.5) is 5.82 Å². The fourth-order valence-corrected chi connectivity index (χ4v) is 2.25. The van der Waals surface area contributed by atoms with Gasteiger partial charge in [0.25, 0.3) is 0 Å². The smallest absolute Gasteiger partial charge is 0.140 e. The van der Waals surface area contributed by atoms with Crippen molar-refractivity contribution in [1.82, 2.24) is 14.7 Å². The quantitative estimate of drug-likeness (QED) is 0.840. The van der Waals surface area contributed by atoms with Gasteiger partial charge in [0.05, 0.1) is 12.2 Å². The van der Waals surface area contributed by atoms with Gasteiger partial charge in [-0.15, -0.1) is 0 Å². The van der Waals surface area contributed by atoms with Gasteiger partial charge in [-0.3, -0.25) is 0 Å². The first-order valence-corrected chi connectivity index (χ1v) is 5.81. The number of aromatic nitrogens is 2. The third kappa shape index (κ3) is 2.11. The molecule has 1 aliphatic heterocycles. The number of hydrogen-bond acceptors (Lipinski definition) is 3. The number of nitrogens with zero attached hydrogens (tertiary/aromatic N) is 3. The molecule has 0 atom stereocenters. The van der Waals surface area contributed by atoms with E-state index in [9.17, 15) is 0 Å². The first kappa shape index (κ1) is 10.8. The zero-order valence-corrected chi connectivity index (χ0v) is 9.74. The number of likely N-dealkylation sites (tertiary alicyclic amines) is 1. The second-order valence-corrected chi connectivity index (χ2v) is 4.39. The average molecular weight is 229 g/mol. The van der Waals surface area contributed by atoms with Crippen LogP contribution in [-0.2, 0) is 0 Å². The number of nitrogens with two attached hydrogens (primary N) is 1. The topological polar surface area (TPSA) is 47.1 Å². The minimum atomic E-state index is 0.417. The molecule has 0 radical (unpaired) electrons. The normalized spacial score (nSPS) is 19.6. The number of piperidine rings is 1. The SMILES string of the molecule is CCN1CCC(n2ncc(Cl)c2N)CC1. The van der Waals surface area contributed by atoms with E-state index in [0.29, 0.717) is 16.9 Å². The van der Waals surface area contributed by atoms with Crippen LogP contribution in [0.15, 0.2) is 6.20 Å². The van der Waals surface area contributed by atoms with Crippen LogP contribution < -0.4 is 5.73 Å². The number of hydrogen-bond donors (Lipinski definition) is 1. The molecule has 2 rings (SSSR count). The van der Waals surface area contributed by atoms with Crippen molar-refractivity contribution in [2.24, 2.45) is 0 Å². The molecule has 15 heavy (non-hydrogen) atoms. The number of halogens is 1. The van der Waals surface area contributed by atoms with E-state index >= 15 is 0 Å². The summed E-state index contributed by atoms with van der Waals surface area (Å²) in [6.45, 7) is 5.57. The molecule has 0 saturated carbocycles. The third-order valence-electron chi connectivity index (χ3n) is 3.14. The summed E-state index contributed by atoms with van der Waals surface area (Å²) in [6.07, 6.45) is 3.84. The maximum absolute atomic E-state index is 5.89. The highest BCUT2D eigenvalue weighted by Crippen LogP contribution is 2.27. The van der Waals surface area contributed by atoms with E-state index in [2.05, 4.69) is 16.9 Å². The second kappa shape index (κ2) is 4.41. The van der Waals surface area contributed by atoms with Crippen LogP contribution in [0.1, 0.15) is 25.8 Å². The summed E-state index contributed by atoms with van der Waals surface area (Å²) in [5.74, 6) is 0.603. The molecule has 5 heteroatoms. The first-order valence-electron chi connectivity index (χ1n) is 5.43. The Kier molecular flexibility index (Phi) is 3.17.